The minimum absolute atomic E-state index is 0.0612. The van der Waals surface area contributed by atoms with Crippen LogP contribution in [0.1, 0.15) is 27.2 Å². The average Bonchev–Trinajstić information content (AvgIpc) is 2.00. The monoisotopic (exact) mass is 215 g/mol. The van der Waals surface area contributed by atoms with Crippen molar-refractivity contribution >= 4 is 12.1 Å². The minimum Gasteiger partial charge on any atom is -0.478 e. The quantitative estimate of drug-likeness (QED) is 0.697. The van der Waals surface area contributed by atoms with E-state index in [1.54, 1.807) is 20.8 Å². The SMILES string of the molecule is C=C(CCNC(=O)OC(C)(C)C)C(=O)O. The number of hydrogen-bond acceptors (Lipinski definition) is 3. The Morgan fingerprint density at radius 1 is 1.40 bits per heavy atom. The maximum atomic E-state index is 11.1. The number of carboxylic acid groups (broad SMARTS) is 1. The Bertz CT molecular complexity index is 265. The van der Waals surface area contributed by atoms with Gasteiger partial charge in [0.25, 0.3) is 0 Å². The van der Waals surface area contributed by atoms with E-state index in [1.165, 1.54) is 0 Å². The maximum absolute atomic E-state index is 11.1. The fourth-order valence-corrected chi connectivity index (χ4v) is 0.737. The molecule has 0 atom stereocenters. The number of aliphatic carboxylic acids is 1. The van der Waals surface area contributed by atoms with Crippen LogP contribution in [0.25, 0.3) is 0 Å². The second kappa shape index (κ2) is 5.38. The average molecular weight is 215 g/mol. The van der Waals surface area contributed by atoms with E-state index in [2.05, 4.69) is 11.9 Å². The van der Waals surface area contributed by atoms with Gasteiger partial charge in [-0.2, -0.15) is 0 Å². The Morgan fingerprint density at radius 3 is 2.33 bits per heavy atom. The van der Waals surface area contributed by atoms with E-state index < -0.39 is 17.7 Å². The van der Waals surface area contributed by atoms with Gasteiger partial charge in [0.15, 0.2) is 0 Å². The molecule has 0 aromatic heterocycles. The minimum atomic E-state index is -1.05. The number of hydrogen-bond donors (Lipinski definition) is 2. The Balaban J connectivity index is 3.74. The first-order chi connectivity index (χ1) is 6.72. The summed E-state index contributed by atoms with van der Waals surface area (Å²) in [5.41, 5.74) is -0.487. The molecule has 0 saturated carbocycles. The summed E-state index contributed by atoms with van der Waals surface area (Å²) < 4.78 is 4.95. The van der Waals surface area contributed by atoms with Crippen LogP contribution in [-0.2, 0) is 9.53 Å². The Morgan fingerprint density at radius 2 is 1.93 bits per heavy atom. The lowest BCUT2D eigenvalue weighted by molar-refractivity contribution is -0.132. The molecule has 2 N–H and O–H groups in total. The molecule has 0 aliphatic heterocycles. The smallest absolute Gasteiger partial charge is 0.407 e. The van der Waals surface area contributed by atoms with Crippen LogP contribution in [0, 0.1) is 0 Å². The molecular weight excluding hydrogens is 198 g/mol. The van der Waals surface area contributed by atoms with E-state index in [-0.39, 0.29) is 18.5 Å². The van der Waals surface area contributed by atoms with Gasteiger partial charge in [-0.25, -0.2) is 9.59 Å². The highest BCUT2D eigenvalue weighted by molar-refractivity contribution is 5.85. The fraction of sp³-hybridized carbons (Fsp3) is 0.600. The summed E-state index contributed by atoms with van der Waals surface area (Å²) in [6.45, 7) is 8.80. The summed E-state index contributed by atoms with van der Waals surface area (Å²) >= 11 is 0. The lowest BCUT2D eigenvalue weighted by Gasteiger charge is -2.19. The zero-order chi connectivity index (χ0) is 12.1. The summed E-state index contributed by atoms with van der Waals surface area (Å²) in [4.78, 5) is 21.5. The van der Waals surface area contributed by atoms with E-state index in [9.17, 15) is 9.59 Å². The molecule has 0 bridgehead atoms. The number of alkyl carbamates (subject to hydrolysis) is 1. The van der Waals surface area contributed by atoms with Crippen molar-refractivity contribution in [2.75, 3.05) is 6.54 Å². The van der Waals surface area contributed by atoms with Crippen molar-refractivity contribution in [3.8, 4) is 0 Å². The topological polar surface area (TPSA) is 75.6 Å². The Labute approximate surface area is 89.1 Å². The van der Waals surface area contributed by atoms with Gasteiger partial charge >= 0.3 is 12.1 Å². The van der Waals surface area contributed by atoms with Gasteiger partial charge in [0, 0.05) is 12.1 Å². The van der Waals surface area contributed by atoms with Crippen molar-refractivity contribution in [1.29, 1.82) is 0 Å². The summed E-state index contributed by atoms with van der Waals surface area (Å²) in [6.07, 6.45) is -0.352. The molecule has 0 fully saturated rings. The molecule has 0 unspecified atom stereocenters. The first-order valence-corrected chi connectivity index (χ1v) is 4.60. The predicted molar refractivity (Wildman–Crippen MR) is 55.6 cm³/mol. The van der Waals surface area contributed by atoms with E-state index in [4.69, 9.17) is 9.84 Å². The largest absolute Gasteiger partial charge is 0.478 e. The fourth-order valence-electron chi connectivity index (χ4n) is 0.737. The molecule has 0 radical (unpaired) electrons. The molecule has 0 aliphatic carbocycles. The zero-order valence-electron chi connectivity index (χ0n) is 9.29. The number of amides is 1. The molecule has 5 heteroatoms. The molecule has 15 heavy (non-hydrogen) atoms. The van der Waals surface area contributed by atoms with Gasteiger partial charge in [0.05, 0.1) is 0 Å². The molecule has 0 rings (SSSR count). The summed E-state index contributed by atoms with van der Waals surface area (Å²) in [5.74, 6) is -1.05. The van der Waals surface area contributed by atoms with Crippen molar-refractivity contribution < 1.29 is 19.4 Å². The standard InChI is InChI=1S/C10H17NO4/c1-7(8(12)13)5-6-11-9(14)15-10(2,3)4/h1,5-6H2,2-4H3,(H,11,14)(H,12,13). The highest BCUT2D eigenvalue weighted by Gasteiger charge is 2.15. The third-order valence-corrected chi connectivity index (χ3v) is 1.40. The van der Waals surface area contributed by atoms with Gasteiger partial charge in [-0.1, -0.05) is 6.58 Å². The maximum Gasteiger partial charge on any atom is 0.407 e. The van der Waals surface area contributed by atoms with Gasteiger partial charge in [0.2, 0.25) is 0 Å². The number of carbonyl (C=O) groups is 2. The normalized spacial score (nSPS) is 10.6. The predicted octanol–water partition coefficient (Wildman–Crippen LogP) is 1.54. The number of ether oxygens (including phenoxy) is 1. The van der Waals surface area contributed by atoms with Gasteiger partial charge in [-0.3, -0.25) is 0 Å². The molecule has 0 aromatic rings. The van der Waals surface area contributed by atoms with Crippen LogP contribution in [0.3, 0.4) is 0 Å². The molecule has 1 amide bonds. The molecule has 0 spiro atoms. The third kappa shape index (κ3) is 7.54. The van der Waals surface area contributed by atoms with Crippen LogP contribution in [0.2, 0.25) is 0 Å². The van der Waals surface area contributed by atoms with Crippen molar-refractivity contribution in [3.05, 3.63) is 12.2 Å². The van der Waals surface area contributed by atoms with E-state index in [0.29, 0.717) is 0 Å². The summed E-state index contributed by atoms with van der Waals surface area (Å²) in [7, 11) is 0. The van der Waals surface area contributed by atoms with Crippen LogP contribution in [-0.4, -0.2) is 29.3 Å². The van der Waals surface area contributed by atoms with Crippen LogP contribution >= 0.6 is 0 Å². The second-order valence-electron chi connectivity index (χ2n) is 4.09. The summed E-state index contributed by atoms with van der Waals surface area (Å²) in [5, 5.41) is 10.9. The zero-order valence-corrected chi connectivity index (χ0v) is 9.29. The number of nitrogens with one attached hydrogen (secondary N) is 1. The molecule has 0 heterocycles. The third-order valence-electron chi connectivity index (χ3n) is 1.40. The van der Waals surface area contributed by atoms with Crippen molar-refractivity contribution in [2.24, 2.45) is 0 Å². The molecule has 5 nitrogen and oxygen atoms in total. The number of rotatable bonds is 4. The van der Waals surface area contributed by atoms with E-state index >= 15 is 0 Å². The van der Waals surface area contributed by atoms with Crippen molar-refractivity contribution in [3.63, 3.8) is 0 Å². The van der Waals surface area contributed by atoms with Crippen LogP contribution in [0.5, 0.6) is 0 Å². The Kier molecular flexibility index (Phi) is 4.84. The number of carboxylic acids is 1. The summed E-state index contributed by atoms with van der Waals surface area (Å²) in [6, 6.07) is 0. The first-order valence-electron chi connectivity index (χ1n) is 4.60. The van der Waals surface area contributed by atoms with Gasteiger partial charge in [0.1, 0.15) is 5.60 Å². The molecule has 0 aliphatic rings. The first kappa shape index (κ1) is 13.5. The second-order valence-corrected chi connectivity index (χ2v) is 4.09. The van der Waals surface area contributed by atoms with Crippen molar-refractivity contribution in [1.82, 2.24) is 5.32 Å². The van der Waals surface area contributed by atoms with Gasteiger partial charge in [-0.15, -0.1) is 0 Å². The highest BCUT2D eigenvalue weighted by Crippen LogP contribution is 2.06. The molecular formula is C10H17NO4. The Hall–Kier alpha value is -1.52. The number of carbonyl (C=O) groups excluding carboxylic acids is 1. The molecule has 0 saturated heterocycles. The van der Waals surface area contributed by atoms with E-state index in [0.717, 1.165) is 0 Å². The van der Waals surface area contributed by atoms with Crippen LogP contribution in [0.15, 0.2) is 12.2 Å². The lowest BCUT2D eigenvalue weighted by atomic mass is 10.2. The molecule has 86 valence electrons. The van der Waals surface area contributed by atoms with Crippen LogP contribution < -0.4 is 5.32 Å². The molecule has 0 aromatic carbocycles. The van der Waals surface area contributed by atoms with Crippen molar-refractivity contribution in [2.45, 2.75) is 32.8 Å². The van der Waals surface area contributed by atoms with Gasteiger partial charge in [-0.05, 0) is 27.2 Å². The lowest BCUT2D eigenvalue weighted by Crippen LogP contribution is -2.33. The highest BCUT2D eigenvalue weighted by atomic mass is 16.6. The van der Waals surface area contributed by atoms with Crippen LogP contribution in [0.4, 0.5) is 4.79 Å². The van der Waals surface area contributed by atoms with E-state index in [1.807, 2.05) is 0 Å². The van der Waals surface area contributed by atoms with Gasteiger partial charge < -0.3 is 15.2 Å².